The van der Waals surface area contributed by atoms with Crippen LogP contribution in [0, 0.1) is 6.92 Å². The number of aromatic nitrogens is 6. The van der Waals surface area contributed by atoms with Gasteiger partial charge in [0.1, 0.15) is 29.1 Å². The zero-order valence-corrected chi connectivity index (χ0v) is 17.1. The highest BCUT2D eigenvalue weighted by Gasteiger charge is 2.16. The highest BCUT2D eigenvalue weighted by molar-refractivity contribution is 6.01. The maximum atomic E-state index is 12.8. The molecule has 3 aromatic heterocycles. The van der Waals surface area contributed by atoms with Gasteiger partial charge in [-0.05, 0) is 47.7 Å². The van der Waals surface area contributed by atoms with Crippen LogP contribution in [0.15, 0.2) is 58.0 Å². The zero-order chi connectivity index (χ0) is 22.2. The molecule has 0 fully saturated rings. The Morgan fingerprint density at radius 3 is 2.84 bits per heavy atom. The lowest BCUT2D eigenvalue weighted by Gasteiger charge is -2.12. The number of aryl methyl sites for hydroxylation is 1. The summed E-state index contributed by atoms with van der Waals surface area (Å²) in [6.07, 6.45) is 1.34. The van der Waals surface area contributed by atoms with Crippen molar-refractivity contribution >= 4 is 33.7 Å². The number of benzene rings is 2. The van der Waals surface area contributed by atoms with Crippen LogP contribution in [0.1, 0.15) is 5.82 Å². The first kappa shape index (κ1) is 19.4. The quantitative estimate of drug-likeness (QED) is 0.448. The van der Waals surface area contributed by atoms with Crippen molar-refractivity contribution in [1.82, 2.24) is 29.8 Å². The molecule has 0 bridgehead atoms. The number of nitrogens with zero attached hydrogens (tertiary/aromatic N) is 6. The Labute approximate surface area is 180 Å². The van der Waals surface area contributed by atoms with Gasteiger partial charge in [0, 0.05) is 11.1 Å². The smallest absolute Gasteiger partial charge is 0.297 e. The molecule has 5 aromatic rings. The molecule has 1 N–H and O–H groups in total. The van der Waals surface area contributed by atoms with Gasteiger partial charge < -0.3 is 14.5 Å². The van der Waals surface area contributed by atoms with Crippen LogP contribution in [0.2, 0.25) is 0 Å². The Morgan fingerprint density at radius 2 is 2.06 bits per heavy atom. The lowest BCUT2D eigenvalue weighted by Crippen LogP contribution is -2.27. The van der Waals surface area contributed by atoms with Crippen molar-refractivity contribution in [2.45, 2.75) is 13.5 Å². The summed E-state index contributed by atoms with van der Waals surface area (Å²) in [5.41, 5.74) is 1.78. The Balaban J connectivity index is 1.42. The molecule has 0 radical (unpaired) electrons. The number of amides is 1. The lowest BCUT2D eigenvalue weighted by molar-refractivity contribution is -0.116. The van der Waals surface area contributed by atoms with Crippen molar-refractivity contribution in [2.75, 3.05) is 12.4 Å². The molecule has 5 rings (SSSR count). The molecule has 0 saturated heterocycles. The number of methoxy groups -OCH3 is 1. The average molecular weight is 431 g/mol. The van der Waals surface area contributed by atoms with E-state index in [0.717, 1.165) is 5.39 Å². The van der Waals surface area contributed by atoms with E-state index in [2.05, 4.69) is 25.8 Å². The zero-order valence-electron chi connectivity index (χ0n) is 17.1. The number of anilines is 1. The Hall–Kier alpha value is -4.54. The van der Waals surface area contributed by atoms with Gasteiger partial charge in [0.25, 0.3) is 5.56 Å². The van der Waals surface area contributed by atoms with E-state index in [1.165, 1.54) is 22.7 Å². The number of ether oxygens (including phenoxy) is 1. The van der Waals surface area contributed by atoms with Crippen LogP contribution >= 0.6 is 0 Å². The highest BCUT2D eigenvalue weighted by atomic mass is 16.5. The van der Waals surface area contributed by atoms with Crippen LogP contribution in [-0.2, 0) is 11.3 Å². The Bertz CT molecular complexity index is 1530. The van der Waals surface area contributed by atoms with Crippen LogP contribution in [-0.4, -0.2) is 42.8 Å². The van der Waals surface area contributed by atoms with Gasteiger partial charge in [-0.3, -0.25) is 14.2 Å². The number of hydrogen-bond acceptors (Lipinski definition) is 8. The van der Waals surface area contributed by atoms with Gasteiger partial charge in [-0.25, -0.2) is 4.98 Å². The standard InChI is InChI=1S/C21H17N7O4/c1-12-24-25-26-28(12)15-9-13(7-8-17(15)31-2)23-18(29)10-27-11-22-19-14-5-3-4-6-16(14)32-20(19)21(27)30/h3-9,11H,10H2,1-2H3,(H,23,29). The lowest BCUT2D eigenvalue weighted by atomic mass is 10.2. The predicted molar refractivity (Wildman–Crippen MR) is 115 cm³/mol. The van der Waals surface area contributed by atoms with Gasteiger partial charge >= 0.3 is 0 Å². The Kier molecular flexibility index (Phi) is 4.62. The third kappa shape index (κ3) is 3.25. The highest BCUT2D eigenvalue weighted by Crippen LogP contribution is 2.27. The molecule has 2 aromatic carbocycles. The van der Waals surface area contributed by atoms with E-state index in [1.807, 2.05) is 18.2 Å². The normalized spacial score (nSPS) is 11.2. The number of tetrazole rings is 1. The van der Waals surface area contributed by atoms with E-state index >= 15 is 0 Å². The van der Waals surface area contributed by atoms with Crippen molar-refractivity contribution in [3.8, 4) is 11.4 Å². The van der Waals surface area contributed by atoms with Crippen LogP contribution in [0.3, 0.4) is 0 Å². The van der Waals surface area contributed by atoms with Gasteiger partial charge in [-0.1, -0.05) is 12.1 Å². The minimum Gasteiger partial charge on any atom is -0.494 e. The molecule has 0 aliphatic carbocycles. The molecule has 0 aliphatic heterocycles. The molecule has 0 atom stereocenters. The third-order valence-electron chi connectivity index (χ3n) is 4.98. The van der Waals surface area contributed by atoms with E-state index in [9.17, 15) is 9.59 Å². The van der Waals surface area contributed by atoms with E-state index in [1.54, 1.807) is 31.2 Å². The maximum absolute atomic E-state index is 12.8. The number of furan rings is 1. The summed E-state index contributed by atoms with van der Waals surface area (Å²) in [6, 6.07) is 12.3. The second-order valence-electron chi connectivity index (χ2n) is 7.03. The van der Waals surface area contributed by atoms with Crippen LogP contribution in [0.4, 0.5) is 5.69 Å². The number of rotatable bonds is 5. The van der Waals surface area contributed by atoms with E-state index in [-0.39, 0.29) is 12.1 Å². The van der Waals surface area contributed by atoms with Crippen molar-refractivity contribution < 1.29 is 13.9 Å². The SMILES string of the molecule is COc1ccc(NC(=O)Cn2cnc3c(oc4ccccc43)c2=O)cc1-n1nnnc1C. The first-order chi connectivity index (χ1) is 15.5. The molecule has 3 heterocycles. The molecular weight excluding hydrogens is 414 g/mol. The number of fused-ring (bicyclic) bond motifs is 3. The Morgan fingerprint density at radius 1 is 1.22 bits per heavy atom. The summed E-state index contributed by atoms with van der Waals surface area (Å²) in [5, 5.41) is 15.0. The molecule has 11 nitrogen and oxygen atoms in total. The fourth-order valence-corrected chi connectivity index (χ4v) is 3.47. The van der Waals surface area contributed by atoms with Crippen LogP contribution in [0.5, 0.6) is 5.75 Å². The van der Waals surface area contributed by atoms with Gasteiger partial charge in [-0.15, -0.1) is 5.10 Å². The minimum absolute atomic E-state index is 0.113. The fourth-order valence-electron chi connectivity index (χ4n) is 3.47. The summed E-state index contributed by atoms with van der Waals surface area (Å²) >= 11 is 0. The van der Waals surface area contributed by atoms with Crippen LogP contribution < -0.4 is 15.6 Å². The molecule has 1 amide bonds. The minimum atomic E-state index is -0.430. The maximum Gasteiger partial charge on any atom is 0.297 e. The summed E-state index contributed by atoms with van der Waals surface area (Å²) in [7, 11) is 1.53. The fraction of sp³-hybridized carbons (Fsp3) is 0.143. The van der Waals surface area contributed by atoms with Crippen molar-refractivity contribution in [3.63, 3.8) is 0 Å². The number of nitrogens with one attached hydrogen (secondary N) is 1. The van der Waals surface area contributed by atoms with Gasteiger partial charge in [0.05, 0.1) is 13.4 Å². The number of hydrogen-bond donors (Lipinski definition) is 1. The molecule has 0 unspecified atom stereocenters. The topological polar surface area (TPSA) is 130 Å². The van der Waals surface area contributed by atoms with E-state index in [0.29, 0.717) is 34.0 Å². The van der Waals surface area contributed by atoms with Gasteiger partial charge in [0.15, 0.2) is 5.82 Å². The molecule has 160 valence electrons. The summed E-state index contributed by atoms with van der Waals surface area (Å²) in [6.45, 7) is 1.52. The van der Waals surface area contributed by atoms with E-state index < -0.39 is 11.5 Å². The predicted octanol–water partition coefficient (Wildman–Crippen LogP) is 2.07. The van der Waals surface area contributed by atoms with Gasteiger partial charge in [0.2, 0.25) is 11.5 Å². The molecule has 32 heavy (non-hydrogen) atoms. The molecular formula is C21H17N7O4. The first-order valence-corrected chi connectivity index (χ1v) is 9.65. The molecule has 0 aliphatic rings. The second kappa shape index (κ2) is 7.61. The number of para-hydroxylation sites is 1. The average Bonchev–Trinajstić information content (AvgIpc) is 3.39. The number of carbonyl (C=O) groups excluding carboxylic acids is 1. The second-order valence-corrected chi connectivity index (χ2v) is 7.03. The molecule has 11 heteroatoms. The summed E-state index contributed by atoms with van der Waals surface area (Å²) < 4.78 is 13.7. The van der Waals surface area contributed by atoms with Crippen molar-refractivity contribution in [1.29, 1.82) is 0 Å². The summed E-state index contributed by atoms with van der Waals surface area (Å²) in [4.78, 5) is 29.8. The first-order valence-electron chi connectivity index (χ1n) is 9.65. The summed E-state index contributed by atoms with van der Waals surface area (Å²) in [5.74, 6) is 0.687. The largest absolute Gasteiger partial charge is 0.494 e. The number of carbonyl (C=O) groups is 1. The third-order valence-corrected chi connectivity index (χ3v) is 4.98. The molecule has 0 saturated carbocycles. The van der Waals surface area contributed by atoms with Gasteiger partial charge in [-0.2, -0.15) is 4.68 Å². The molecule has 0 spiro atoms. The van der Waals surface area contributed by atoms with Crippen LogP contribution in [0.25, 0.3) is 27.8 Å². The van der Waals surface area contributed by atoms with E-state index in [4.69, 9.17) is 9.15 Å². The van der Waals surface area contributed by atoms with Crippen molar-refractivity contribution in [3.05, 3.63) is 65.0 Å². The van der Waals surface area contributed by atoms with Crippen molar-refractivity contribution in [2.24, 2.45) is 0 Å². The monoisotopic (exact) mass is 431 g/mol.